The summed E-state index contributed by atoms with van der Waals surface area (Å²) in [5.74, 6) is 0.384. The first kappa shape index (κ1) is 17.8. The van der Waals surface area contributed by atoms with Crippen LogP contribution in [0.15, 0.2) is 59.1 Å². The molecule has 0 atom stereocenters. The van der Waals surface area contributed by atoms with Crippen molar-refractivity contribution in [2.75, 3.05) is 5.73 Å². The fourth-order valence-corrected chi connectivity index (χ4v) is 4.03. The highest BCUT2D eigenvalue weighted by atomic mass is 35.5. The van der Waals surface area contributed by atoms with Gasteiger partial charge in [0.1, 0.15) is 6.33 Å². The summed E-state index contributed by atoms with van der Waals surface area (Å²) in [5, 5.41) is 1.54. The number of aromatic nitrogens is 5. The van der Waals surface area contributed by atoms with E-state index >= 15 is 0 Å². The predicted molar refractivity (Wildman–Crippen MR) is 108 cm³/mol. The Morgan fingerprint density at radius 1 is 1.22 bits per heavy atom. The number of halogens is 1. The summed E-state index contributed by atoms with van der Waals surface area (Å²) in [7, 11) is 0. The van der Waals surface area contributed by atoms with Crippen molar-refractivity contribution in [3.05, 3.63) is 65.2 Å². The van der Waals surface area contributed by atoms with Gasteiger partial charge in [-0.3, -0.25) is 4.98 Å². The summed E-state index contributed by atoms with van der Waals surface area (Å²) in [6, 6.07) is 9.83. The Hall–Kier alpha value is -2.64. The van der Waals surface area contributed by atoms with Gasteiger partial charge in [0.2, 0.25) is 0 Å². The zero-order valence-electron chi connectivity index (χ0n) is 14.6. The van der Waals surface area contributed by atoms with Crippen molar-refractivity contribution in [2.45, 2.75) is 29.9 Å². The van der Waals surface area contributed by atoms with E-state index in [4.69, 9.17) is 22.3 Å². The fraction of sp³-hybridized carbons (Fsp3) is 0.158. The van der Waals surface area contributed by atoms with Crippen molar-refractivity contribution in [1.82, 2.24) is 24.5 Å². The van der Waals surface area contributed by atoms with Gasteiger partial charge in [-0.2, -0.15) is 0 Å². The largest absolute Gasteiger partial charge is 0.382 e. The Morgan fingerprint density at radius 2 is 2.11 bits per heavy atom. The Morgan fingerprint density at radius 3 is 2.89 bits per heavy atom. The van der Waals surface area contributed by atoms with Gasteiger partial charge in [0.15, 0.2) is 22.1 Å². The molecule has 1 aromatic carbocycles. The maximum atomic E-state index is 6.08. The fourth-order valence-electron chi connectivity index (χ4n) is 2.83. The molecule has 4 rings (SSSR count). The molecule has 3 heterocycles. The number of nitrogens with two attached hydrogens (primary N) is 1. The van der Waals surface area contributed by atoms with Gasteiger partial charge < -0.3 is 10.3 Å². The van der Waals surface area contributed by atoms with Gasteiger partial charge in [-0.05, 0) is 48.7 Å². The Balaban J connectivity index is 1.73. The van der Waals surface area contributed by atoms with Crippen molar-refractivity contribution in [2.24, 2.45) is 0 Å². The highest BCUT2D eigenvalue weighted by molar-refractivity contribution is 7.99. The lowest BCUT2D eigenvalue weighted by Gasteiger charge is -2.10. The van der Waals surface area contributed by atoms with Gasteiger partial charge in [-0.1, -0.05) is 29.4 Å². The molecule has 8 heteroatoms. The monoisotopic (exact) mass is 396 g/mol. The number of pyridine rings is 1. The van der Waals surface area contributed by atoms with E-state index < -0.39 is 0 Å². The quantitative estimate of drug-likeness (QED) is 0.545. The molecule has 0 aliphatic heterocycles. The highest BCUT2D eigenvalue weighted by Crippen LogP contribution is 2.33. The molecule has 0 amide bonds. The standard InChI is InChI=1S/C19H17ClN6S/c1-12-9-14(20)4-5-15(12)27-19-25-16-17(21)23-11-24-18(16)26(19)8-6-13-3-2-7-22-10-13/h2-5,7,9-11H,6,8H2,1H3,(H2,21,23,24). The number of hydrogen-bond donors (Lipinski definition) is 1. The number of aryl methyl sites for hydroxylation is 3. The molecule has 27 heavy (non-hydrogen) atoms. The number of benzene rings is 1. The molecule has 0 aliphatic carbocycles. The second-order valence-corrected chi connectivity index (χ2v) is 7.55. The van der Waals surface area contributed by atoms with Crippen molar-refractivity contribution < 1.29 is 0 Å². The predicted octanol–water partition coefficient (Wildman–Crippen LogP) is 4.16. The molecule has 0 bridgehead atoms. The summed E-state index contributed by atoms with van der Waals surface area (Å²) in [4.78, 5) is 18.5. The molecular weight excluding hydrogens is 380 g/mol. The molecule has 6 nitrogen and oxygen atoms in total. The van der Waals surface area contributed by atoms with Crippen LogP contribution in [0, 0.1) is 6.92 Å². The maximum Gasteiger partial charge on any atom is 0.175 e. The van der Waals surface area contributed by atoms with Gasteiger partial charge >= 0.3 is 0 Å². The number of nitrogen functional groups attached to an aromatic ring is 1. The minimum atomic E-state index is 0.384. The minimum absolute atomic E-state index is 0.384. The first-order valence-electron chi connectivity index (χ1n) is 8.41. The van der Waals surface area contributed by atoms with Crippen LogP contribution >= 0.6 is 23.4 Å². The van der Waals surface area contributed by atoms with E-state index in [1.165, 1.54) is 6.33 Å². The summed E-state index contributed by atoms with van der Waals surface area (Å²) < 4.78 is 2.08. The SMILES string of the molecule is Cc1cc(Cl)ccc1Sc1nc2c(N)ncnc2n1CCc1cccnc1. The van der Waals surface area contributed by atoms with Crippen LogP contribution in [-0.4, -0.2) is 24.5 Å². The molecule has 3 aromatic heterocycles. The Kier molecular flexibility index (Phi) is 4.96. The number of rotatable bonds is 5. The number of imidazole rings is 1. The van der Waals surface area contributed by atoms with Crippen LogP contribution in [0.5, 0.6) is 0 Å². The second kappa shape index (κ2) is 7.54. The van der Waals surface area contributed by atoms with E-state index in [2.05, 4.69) is 25.6 Å². The van der Waals surface area contributed by atoms with Crippen molar-refractivity contribution in [3.63, 3.8) is 0 Å². The van der Waals surface area contributed by atoms with Crippen LogP contribution < -0.4 is 5.73 Å². The zero-order valence-corrected chi connectivity index (χ0v) is 16.2. The molecule has 4 aromatic rings. The molecule has 0 fully saturated rings. The molecule has 0 spiro atoms. The van der Waals surface area contributed by atoms with E-state index in [9.17, 15) is 0 Å². The third-order valence-corrected chi connectivity index (χ3v) is 5.62. The average molecular weight is 397 g/mol. The summed E-state index contributed by atoms with van der Waals surface area (Å²) in [6.45, 7) is 2.75. The van der Waals surface area contributed by atoms with E-state index in [1.807, 2.05) is 37.4 Å². The van der Waals surface area contributed by atoms with Crippen LogP contribution in [0.25, 0.3) is 11.2 Å². The third-order valence-electron chi connectivity index (χ3n) is 4.21. The minimum Gasteiger partial charge on any atom is -0.382 e. The van der Waals surface area contributed by atoms with E-state index in [0.717, 1.165) is 38.3 Å². The van der Waals surface area contributed by atoms with Gasteiger partial charge in [0, 0.05) is 28.9 Å². The van der Waals surface area contributed by atoms with Gasteiger partial charge in [-0.15, -0.1) is 0 Å². The molecule has 2 N–H and O–H groups in total. The lowest BCUT2D eigenvalue weighted by Crippen LogP contribution is -2.04. The first-order chi connectivity index (χ1) is 13.1. The summed E-state index contributed by atoms with van der Waals surface area (Å²) in [6.07, 6.45) is 5.94. The van der Waals surface area contributed by atoms with Gasteiger partial charge in [0.25, 0.3) is 0 Å². The number of nitrogens with zero attached hydrogens (tertiary/aromatic N) is 5. The molecule has 0 saturated carbocycles. The normalized spacial score (nSPS) is 11.2. The Bertz CT molecular complexity index is 1100. The highest BCUT2D eigenvalue weighted by Gasteiger charge is 2.16. The van der Waals surface area contributed by atoms with Gasteiger partial charge in [0.05, 0.1) is 0 Å². The van der Waals surface area contributed by atoms with Crippen LogP contribution in [0.4, 0.5) is 5.82 Å². The van der Waals surface area contributed by atoms with Crippen LogP contribution in [0.2, 0.25) is 5.02 Å². The van der Waals surface area contributed by atoms with Crippen LogP contribution in [0.1, 0.15) is 11.1 Å². The van der Waals surface area contributed by atoms with Crippen LogP contribution in [0.3, 0.4) is 0 Å². The average Bonchev–Trinajstić information content (AvgIpc) is 3.02. The van der Waals surface area contributed by atoms with E-state index in [0.29, 0.717) is 17.9 Å². The van der Waals surface area contributed by atoms with Crippen molar-refractivity contribution >= 4 is 40.3 Å². The smallest absolute Gasteiger partial charge is 0.175 e. The van der Waals surface area contributed by atoms with Crippen LogP contribution in [-0.2, 0) is 13.0 Å². The summed E-state index contributed by atoms with van der Waals surface area (Å²) in [5.41, 5.74) is 9.63. The maximum absolute atomic E-state index is 6.08. The first-order valence-corrected chi connectivity index (χ1v) is 9.61. The number of hydrogen-bond acceptors (Lipinski definition) is 6. The van der Waals surface area contributed by atoms with E-state index in [1.54, 1.807) is 18.0 Å². The molecule has 0 unspecified atom stereocenters. The molecule has 0 saturated heterocycles. The lowest BCUT2D eigenvalue weighted by molar-refractivity contribution is 0.645. The molecule has 136 valence electrons. The summed E-state index contributed by atoms with van der Waals surface area (Å²) >= 11 is 7.66. The third kappa shape index (κ3) is 3.74. The van der Waals surface area contributed by atoms with Crippen molar-refractivity contribution in [3.8, 4) is 0 Å². The lowest BCUT2D eigenvalue weighted by atomic mass is 10.2. The van der Waals surface area contributed by atoms with Gasteiger partial charge in [-0.25, -0.2) is 15.0 Å². The zero-order chi connectivity index (χ0) is 18.8. The van der Waals surface area contributed by atoms with Crippen molar-refractivity contribution in [1.29, 1.82) is 0 Å². The van der Waals surface area contributed by atoms with E-state index in [-0.39, 0.29) is 0 Å². The second-order valence-electron chi connectivity index (χ2n) is 6.10. The number of fused-ring (bicyclic) bond motifs is 1. The topological polar surface area (TPSA) is 82.5 Å². The molecule has 0 radical (unpaired) electrons. The number of anilines is 1. The Labute approximate surface area is 165 Å². The molecule has 0 aliphatic rings. The molecular formula is C19H17ClN6S.